The van der Waals surface area contributed by atoms with Crippen LogP contribution in [0.4, 0.5) is 0 Å². The lowest BCUT2D eigenvalue weighted by Crippen LogP contribution is -2.08. The second kappa shape index (κ2) is 11.5. The Morgan fingerprint density at radius 2 is 1.91 bits per heavy atom. The lowest BCUT2D eigenvalue weighted by atomic mass is 10.1. The van der Waals surface area contributed by atoms with E-state index in [1.165, 1.54) is 6.07 Å². The third kappa shape index (κ3) is 6.23. The van der Waals surface area contributed by atoms with Gasteiger partial charge < -0.3 is 19.0 Å². The Kier molecular flexibility index (Phi) is 8.44. The second-order valence-electron chi connectivity index (χ2n) is 8.29. The van der Waals surface area contributed by atoms with E-state index in [9.17, 15) is 9.90 Å². The number of hydrogen-bond acceptors (Lipinski definition) is 6. The van der Waals surface area contributed by atoms with Gasteiger partial charge in [0.25, 0.3) is 0 Å². The first-order chi connectivity index (χ1) is 16.3. The van der Waals surface area contributed by atoms with E-state index in [4.69, 9.17) is 13.9 Å². The molecule has 0 spiro atoms. The SMILES string of the molecule is C=C(COc1cc(OCc2ccccc2CO)c2c(=O)cc(C(C)C)oc2c1)/N=C(C)/C=C\C. The van der Waals surface area contributed by atoms with Crippen molar-refractivity contribution in [3.63, 3.8) is 0 Å². The van der Waals surface area contributed by atoms with Gasteiger partial charge in [-0.2, -0.15) is 0 Å². The van der Waals surface area contributed by atoms with E-state index in [-0.39, 0.29) is 31.2 Å². The Morgan fingerprint density at radius 3 is 2.59 bits per heavy atom. The van der Waals surface area contributed by atoms with Crippen LogP contribution in [0.5, 0.6) is 11.5 Å². The van der Waals surface area contributed by atoms with Crippen molar-refractivity contribution in [2.45, 2.75) is 46.8 Å². The average Bonchev–Trinajstić information content (AvgIpc) is 2.81. The molecule has 1 N–H and O–H groups in total. The Bertz CT molecular complexity index is 1280. The standard InChI is InChI=1S/C28H31NO5/c1-6-9-19(4)29-20(5)16-32-23-12-26(33-17-22-11-8-7-10-21(22)15-30)28-24(31)14-25(18(2)3)34-27(28)13-23/h6-14,18,30H,5,15-17H2,1-4H3/b9-6-,29-19+. The van der Waals surface area contributed by atoms with Crippen molar-refractivity contribution in [2.24, 2.45) is 4.99 Å². The summed E-state index contributed by atoms with van der Waals surface area (Å²) in [6.45, 7) is 11.9. The highest BCUT2D eigenvalue weighted by molar-refractivity contribution is 5.93. The number of aliphatic hydroxyl groups excluding tert-OH is 1. The van der Waals surface area contributed by atoms with Crippen molar-refractivity contribution in [2.75, 3.05) is 6.61 Å². The van der Waals surface area contributed by atoms with Gasteiger partial charge in [-0.15, -0.1) is 0 Å². The fourth-order valence-electron chi connectivity index (χ4n) is 3.46. The Labute approximate surface area is 199 Å². The molecule has 1 aromatic heterocycles. The van der Waals surface area contributed by atoms with E-state index >= 15 is 0 Å². The molecule has 0 amide bonds. The van der Waals surface area contributed by atoms with E-state index in [0.717, 1.165) is 16.8 Å². The predicted octanol–water partition coefficient (Wildman–Crippen LogP) is 5.92. The van der Waals surface area contributed by atoms with Crippen LogP contribution in [0.1, 0.15) is 50.5 Å². The minimum atomic E-state index is -0.182. The summed E-state index contributed by atoms with van der Waals surface area (Å²) < 4.78 is 18.0. The van der Waals surface area contributed by atoms with Gasteiger partial charge in [0.05, 0.1) is 12.3 Å². The molecule has 0 unspecified atom stereocenters. The van der Waals surface area contributed by atoms with Crippen molar-refractivity contribution in [3.8, 4) is 11.5 Å². The van der Waals surface area contributed by atoms with E-state index < -0.39 is 0 Å². The van der Waals surface area contributed by atoms with Crippen LogP contribution >= 0.6 is 0 Å². The highest BCUT2D eigenvalue weighted by Gasteiger charge is 2.16. The topological polar surface area (TPSA) is 81.3 Å². The summed E-state index contributed by atoms with van der Waals surface area (Å²) >= 11 is 0. The van der Waals surface area contributed by atoms with Crippen LogP contribution in [0.25, 0.3) is 11.0 Å². The summed E-state index contributed by atoms with van der Waals surface area (Å²) in [6, 6.07) is 12.3. The summed E-state index contributed by atoms with van der Waals surface area (Å²) in [5.74, 6) is 1.46. The summed E-state index contributed by atoms with van der Waals surface area (Å²) in [6.07, 6.45) is 3.79. The largest absolute Gasteiger partial charge is 0.488 e. The highest BCUT2D eigenvalue weighted by atomic mass is 16.5. The molecule has 3 rings (SSSR count). The summed E-state index contributed by atoms with van der Waals surface area (Å²) in [5, 5.41) is 9.96. The first-order valence-corrected chi connectivity index (χ1v) is 11.2. The quantitative estimate of drug-likeness (QED) is 0.379. The van der Waals surface area contributed by atoms with Gasteiger partial charge in [-0.1, -0.05) is 50.8 Å². The van der Waals surface area contributed by atoms with Crippen molar-refractivity contribution >= 4 is 16.7 Å². The molecule has 0 aliphatic carbocycles. The van der Waals surface area contributed by atoms with Crippen molar-refractivity contribution in [1.29, 1.82) is 0 Å². The number of fused-ring (bicyclic) bond motifs is 1. The zero-order valence-corrected chi connectivity index (χ0v) is 20.1. The molecule has 0 radical (unpaired) electrons. The number of rotatable bonds is 10. The molecule has 0 atom stereocenters. The van der Waals surface area contributed by atoms with Crippen molar-refractivity contribution in [3.05, 3.63) is 94.0 Å². The van der Waals surface area contributed by atoms with Crippen LogP contribution < -0.4 is 14.9 Å². The minimum Gasteiger partial charge on any atom is -0.488 e. The first-order valence-electron chi connectivity index (χ1n) is 11.2. The fourth-order valence-corrected chi connectivity index (χ4v) is 3.46. The van der Waals surface area contributed by atoms with Gasteiger partial charge in [-0.3, -0.25) is 9.79 Å². The summed E-state index contributed by atoms with van der Waals surface area (Å²) in [4.78, 5) is 17.4. The molecule has 2 aromatic carbocycles. The zero-order chi connectivity index (χ0) is 24.7. The van der Waals surface area contributed by atoms with E-state index in [2.05, 4.69) is 11.6 Å². The molecule has 0 aliphatic rings. The van der Waals surface area contributed by atoms with Gasteiger partial charge in [0.2, 0.25) is 0 Å². The fraction of sp³-hybridized carbons (Fsp3) is 0.286. The summed E-state index contributed by atoms with van der Waals surface area (Å²) in [5.41, 5.74) is 3.19. The maximum absolute atomic E-state index is 13.0. The molecule has 34 heavy (non-hydrogen) atoms. The van der Waals surface area contributed by atoms with Crippen molar-refractivity contribution < 1.29 is 19.0 Å². The Morgan fingerprint density at radius 1 is 1.18 bits per heavy atom. The highest BCUT2D eigenvalue weighted by Crippen LogP contribution is 2.32. The Balaban J connectivity index is 1.97. The molecule has 0 saturated carbocycles. The molecule has 6 heteroatoms. The van der Waals surface area contributed by atoms with Crippen molar-refractivity contribution in [1.82, 2.24) is 0 Å². The number of hydrogen-bond donors (Lipinski definition) is 1. The molecule has 0 fully saturated rings. The van der Waals surface area contributed by atoms with Gasteiger partial charge >= 0.3 is 0 Å². The minimum absolute atomic E-state index is 0.0474. The van der Waals surface area contributed by atoms with Crippen LogP contribution in [0.3, 0.4) is 0 Å². The number of aliphatic imine (C=N–C) groups is 1. The number of nitrogens with zero attached hydrogens (tertiary/aromatic N) is 1. The van der Waals surface area contributed by atoms with Crippen LogP contribution in [0.2, 0.25) is 0 Å². The molecular formula is C28H31NO5. The molecule has 6 nitrogen and oxygen atoms in total. The third-order valence-electron chi connectivity index (χ3n) is 5.18. The number of benzene rings is 2. The molecule has 1 heterocycles. The normalized spacial score (nSPS) is 12.0. The predicted molar refractivity (Wildman–Crippen MR) is 136 cm³/mol. The van der Waals surface area contributed by atoms with Gasteiger partial charge in [0.15, 0.2) is 5.43 Å². The van der Waals surface area contributed by atoms with Crippen LogP contribution in [0.15, 0.2) is 81.1 Å². The van der Waals surface area contributed by atoms with Gasteiger partial charge in [0.1, 0.15) is 41.4 Å². The Hall–Kier alpha value is -3.64. The van der Waals surface area contributed by atoms with Crippen LogP contribution in [0, 0.1) is 0 Å². The molecule has 178 valence electrons. The number of ether oxygens (including phenoxy) is 2. The molecular weight excluding hydrogens is 430 g/mol. The van der Waals surface area contributed by atoms with E-state index in [1.807, 2.05) is 64.1 Å². The van der Waals surface area contributed by atoms with Gasteiger partial charge in [0, 0.05) is 29.8 Å². The number of aliphatic hydroxyl groups is 1. The number of allylic oxidation sites excluding steroid dienone is 2. The van der Waals surface area contributed by atoms with E-state index in [1.54, 1.807) is 12.1 Å². The average molecular weight is 462 g/mol. The molecule has 3 aromatic rings. The van der Waals surface area contributed by atoms with Gasteiger partial charge in [-0.25, -0.2) is 0 Å². The van der Waals surface area contributed by atoms with Gasteiger partial charge in [-0.05, 0) is 31.1 Å². The molecule has 0 aliphatic heterocycles. The summed E-state index contributed by atoms with van der Waals surface area (Å²) in [7, 11) is 0. The smallest absolute Gasteiger partial charge is 0.196 e. The molecule has 0 saturated heterocycles. The first kappa shape index (κ1) is 25.0. The molecule has 0 bridgehead atoms. The zero-order valence-electron chi connectivity index (χ0n) is 20.1. The monoisotopic (exact) mass is 461 g/mol. The second-order valence-corrected chi connectivity index (χ2v) is 8.29. The lowest BCUT2D eigenvalue weighted by Gasteiger charge is -2.14. The maximum Gasteiger partial charge on any atom is 0.196 e. The van der Waals surface area contributed by atoms with E-state index in [0.29, 0.717) is 33.9 Å². The maximum atomic E-state index is 13.0. The van der Waals surface area contributed by atoms with Crippen LogP contribution in [-0.2, 0) is 13.2 Å². The third-order valence-corrected chi connectivity index (χ3v) is 5.18. The lowest BCUT2D eigenvalue weighted by molar-refractivity contribution is 0.269. The van der Waals surface area contributed by atoms with Crippen LogP contribution in [-0.4, -0.2) is 17.4 Å².